The second kappa shape index (κ2) is 6.69. The maximum Gasteiger partial charge on any atom is 0.0602 e. The number of nitrogens with one attached hydrogen (secondary N) is 1. The maximum atomic E-state index is 3.81. The van der Waals surface area contributed by atoms with E-state index in [-0.39, 0.29) is 0 Å². The number of hydrogen-bond donors (Lipinski definition) is 1. The molecular formula is C18H29N3. The van der Waals surface area contributed by atoms with Gasteiger partial charge in [0.05, 0.1) is 11.4 Å². The number of piperidine rings is 1. The van der Waals surface area contributed by atoms with Gasteiger partial charge in [0.1, 0.15) is 0 Å². The second-order valence-corrected chi connectivity index (χ2v) is 6.79. The normalized spacial score (nSPS) is 22.5. The minimum absolute atomic E-state index is 0.558. The van der Waals surface area contributed by atoms with Crippen molar-refractivity contribution in [1.82, 2.24) is 4.90 Å². The first-order valence-electron chi connectivity index (χ1n) is 8.53. The lowest BCUT2D eigenvalue weighted by molar-refractivity contribution is 0.208. The van der Waals surface area contributed by atoms with Gasteiger partial charge in [-0.05, 0) is 70.8 Å². The molecule has 0 spiro atoms. The molecule has 116 valence electrons. The summed E-state index contributed by atoms with van der Waals surface area (Å²) in [5.41, 5.74) is 2.72. The second-order valence-electron chi connectivity index (χ2n) is 6.79. The Labute approximate surface area is 129 Å². The number of rotatable bonds is 4. The van der Waals surface area contributed by atoms with Crippen molar-refractivity contribution in [3.8, 4) is 0 Å². The van der Waals surface area contributed by atoms with E-state index in [0.29, 0.717) is 6.04 Å². The quantitative estimate of drug-likeness (QED) is 0.915. The molecule has 2 heterocycles. The average molecular weight is 287 g/mol. The van der Waals surface area contributed by atoms with Crippen molar-refractivity contribution in [2.75, 3.05) is 43.4 Å². The van der Waals surface area contributed by atoms with Crippen LogP contribution in [0.25, 0.3) is 0 Å². The van der Waals surface area contributed by atoms with Crippen LogP contribution < -0.4 is 10.2 Å². The Morgan fingerprint density at radius 3 is 2.43 bits per heavy atom. The molecule has 1 aromatic carbocycles. The molecule has 2 aliphatic heterocycles. The lowest BCUT2D eigenvalue weighted by Crippen LogP contribution is -2.37. The van der Waals surface area contributed by atoms with Gasteiger partial charge in [0, 0.05) is 19.1 Å². The van der Waals surface area contributed by atoms with Crippen LogP contribution in [0, 0.1) is 5.92 Å². The summed E-state index contributed by atoms with van der Waals surface area (Å²) in [4.78, 5) is 4.98. The molecule has 0 aliphatic carbocycles. The smallest absolute Gasteiger partial charge is 0.0602 e. The fourth-order valence-electron chi connectivity index (χ4n) is 3.72. The third-order valence-corrected chi connectivity index (χ3v) is 5.20. The molecule has 2 aliphatic rings. The zero-order valence-corrected chi connectivity index (χ0v) is 13.5. The molecule has 0 amide bonds. The van der Waals surface area contributed by atoms with Crippen LogP contribution in [0.4, 0.5) is 11.4 Å². The lowest BCUT2D eigenvalue weighted by atomic mass is 9.90. The Balaban J connectivity index is 1.66. The molecule has 1 unspecified atom stereocenters. The van der Waals surface area contributed by atoms with E-state index in [1.54, 1.807) is 0 Å². The summed E-state index contributed by atoms with van der Waals surface area (Å²) in [7, 11) is 2.23. The Morgan fingerprint density at radius 2 is 1.71 bits per heavy atom. The molecule has 1 atom stereocenters. The van der Waals surface area contributed by atoms with Crippen LogP contribution in [0.15, 0.2) is 24.3 Å². The monoisotopic (exact) mass is 287 g/mol. The fraction of sp³-hybridized carbons (Fsp3) is 0.667. The van der Waals surface area contributed by atoms with E-state index < -0.39 is 0 Å². The van der Waals surface area contributed by atoms with E-state index in [1.165, 1.54) is 63.2 Å². The molecule has 0 saturated carbocycles. The van der Waals surface area contributed by atoms with Crippen molar-refractivity contribution in [1.29, 1.82) is 0 Å². The summed E-state index contributed by atoms with van der Waals surface area (Å²) < 4.78 is 0. The van der Waals surface area contributed by atoms with Crippen molar-refractivity contribution in [2.24, 2.45) is 5.92 Å². The molecule has 1 N–H and O–H groups in total. The van der Waals surface area contributed by atoms with E-state index in [4.69, 9.17) is 0 Å². The molecule has 3 nitrogen and oxygen atoms in total. The molecule has 3 rings (SSSR count). The van der Waals surface area contributed by atoms with Gasteiger partial charge >= 0.3 is 0 Å². The van der Waals surface area contributed by atoms with Crippen molar-refractivity contribution in [3.63, 3.8) is 0 Å². The van der Waals surface area contributed by atoms with Crippen LogP contribution in [0.1, 0.15) is 32.6 Å². The van der Waals surface area contributed by atoms with Crippen molar-refractivity contribution in [3.05, 3.63) is 24.3 Å². The van der Waals surface area contributed by atoms with Gasteiger partial charge in [-0.25, -0.2) is 0 Å². The zero-order chi connectivity index (χ0) is 14.7. The molecular weight excluding hydrogens is 258 g/mol. The topological polar surface area (TPSA) is 18.5 Å². The molecule has 0 radical (unpaired) electrons. The minimum atomic E-state index is 0.558. The number of anilines is 2. The molecule has 1 aromatic rings. The Hall–Kier alpha value is -1.22. The fourth-order valence-corrected chi connectivity index (χ4v) is 3.72. The molecule has 3 heteroatoms. The highest BCUT2D eigenvalue weighted by molar-refractivity contribution is 5.70. The van der Waals surface area contributed by atoms with Crippen molar-refractivity contribution in [2.45, 2.75) is 38.6 Å². The summed E-state index contributed by atoms with van der Waals surface area (Å²) in [6.07, 6.45) is 5.30. The van der Waals surface area contributed by atoms with Crippen LogP contribution in [-0.2, 0) is 0 Å². The Bertz CT molecular complexity index is 446. The number of para-hydroxylation sites is 2. The number of hydrogen-bond acceptors (Lipinski definition) is 3. The molecule has 2 saturated heterocycles. The maximum absolute atomic E-state index is 3.81. The third kappa shape index (κ3) is 3.52. The van der Waals surface area contributed by atoms with Gasteiger partial charge in [0.25, 0.3) is 0 Å². The van der Waals surface area contributed by atoms with E-state index in [1.807, 2.05) is 0 Å². The number of likely N-dealkylation sites (tertiary alicyclic amines) is 1. The van der Waals surface area contributed by atoms with E-state index in [2.05, 4.69) is 53.4 Å². The summed E-state index contributed by atoms with van der Waals surface area (Å²) >= 11 is 0. The number of nitrogens with zero attached hydrogens (tertiary/aromatic N) is 2. The Morgan fingerprint density at radius 1 is 1.05 bits per heavy atom. The standard InChI is InChI=1S/C18H29N3/c1-15(16-9-13-20(2)14-10-16)19-17-7-3-4-8-18(17)21-11-5-6-12-21/h3-4,7-8,15-16,19H,5-6,9-14H2,1-2H3. The van der Waals surface area contributed by atoms with Crippen LogP contribution in [-0.4, -0.2) is 44.2 Å². The molecule has 21 heavy (non-hydrogen) atoms. The predicted molar refractivity (Wildman–Crippen MR) is 91.2 cm³/mol. The van der Waals surface area contributed by atoms with Crippen molar-refractivity contribution < 1.29 is 0 Å². The highest BCUT2D eigenvalue weighted by atomic mass is 15.2. The van der Waals surface area contributed by atoms with Crippen LogP contribution in [0.3, 0.4) is 0 Å². The molecule has 2 fully saturated rings. The van der Waals surface area contributed by atoms with Gasteiger partial charge < -0.3 is 15.1 Å². The average Bonchev–Trinajstić information content (AvgIpc) is 3.02. The molecule has 0 aromatic heterocycles. The van der Waals surface area contributed by atoms with Crippen LogP contribution >= 0.6 is 0 Å². The van der Waals surface area contributed by atoms with Crippen LogP contribution in [0.5, 0.6) is 0 Å². The summed E-state index contributed by atoms with van der Waals surface area (Å²) in [6, 6.07) is 9.40. The van der Waals surface area contributed by atoms with Gasteiger partial charge in [0.2, 0.25) is 0 Å². The first kappa shape index (κ1) is 14.7. The SMILES string of the molecule is CC(Nc1ccccc1N1CCCC1)C1CCN(C)CC1. The predicted octanol–water partition coefficient (Wildman–Crippen LogP) is 3.43. The van der Waals surface area contributed by atoms with E-state index >= 15 is 0 Å². The largest absolute Gasteiger partial charge is 0.381 e. The first-order chi connectivity index (χ1) is 10.2. The van der Waals surface area contributed by atoms with Gasteiger partial charge in [-0.2, -0.15) is 0 Å². The van der Waals surface area contributed by atoms with Crippen molar-refractivity contribution >= 4 is 11.4 Å². The summed E-state index contributed by atoms with van der Waals surface area (Å²) in [6.45, 7) is 7.26. The Kier molecular flexibility index (Phi) is 4.69. The number of benzene rings is 1. The third-order valence-electron chi connectivity index (χ3n) is 5.20. The van der Waals surface area contributed by atoms with Gasteiger partial charge in [0.15, 0.2) is 0 Å². The van der Waals surface area contributed by atoms with E-state index in [9.17, 15) is 0 Å². The lowest BCUT2D eigenvalue weighted by Gasteiger charge is -2.34. The highest BCUT2D eigenvalue weighted by Gasteiger charge is 2.23. The van der Waals surface area contributed by atoms with Gasteiger partial charge in [-0.1, -0.05) is 12.1 Å². The van der Waals surface area contributed by atoms with Gasteiger partial charge in [-0.3, -0.25) is 0 Å². The van der Waals surface area contributed by atoms with Gasteiger partial charge in [-0.15, -0.1) is 0 Å². The highest BCUT2D eigenvalue weighted by Crippen LogP contribution is 2.31. The van der Waals surface area contributed by atoms with Crippen LogP contribution in [0.2, 0.25) is 0 Å². The first-order valence-corrected chi connectivity index (χ1v) is 8.53. The molecule has 0 bridgehead atoms. The minimum Gasteiger partial charge on any atom is -0.381 e. The summed E-state index contributed by atoms with van der Waals surface area (Å²) in [5, 5.41) is 3.81. The van der Waals surface area contributed by atoms with E-state index in [0.717, 1.165) is 5.92 Å². The summed E-state index contributed by atoms with van der Waals surface area (Å²) in [5.74, 6) is 0.799. The zero-order valence-electron chi connectivity index (χ0n) is 13.5.